The largest absolute Gasteiger partial charge is 0.494 e. The second-order valence-corrected chi connectivity index (χ2v) is 12.7. The Kier molecular flexibility index (Phi) is 11.5. The highest BCUT2D eigenvalue weighted by Gasteiger charge is 2.27. The Morgan fingerprint density at radius 3 is 2.39 bits per heavy atom. The number of benzene rings is 4. The summed E-state index contributed by atoms with van der Waals surface area (Å²) in [6.45, 7) is 1.96. The molecule has 0 bridgehead atoms. The molecule has 0 unspecified atom stereocenters. The fraction of sp³-hybridized carbons (Fsp3) is 0.161. The molecule has 4 rings (SSSR count). The van der Waals surface area contributed by atoms with E-state index < -0.39 is 22.5 Å². The van der Waals surface area contributed by atoms with Crippen LogP contribution in [0.4, 0.5) is 5.69 Å². The van der Waals surface area contributed by atoms with Crippen LogP contribution < -0.4 is 23.9 Å². The molecule has 9 nitrogen and oxygen atoms in total. The average molecular weight is 721 g/mol. The quantitative estimate of drug-likeness (QED) is 0.117. The summed E-state index contributed by atoms with van der Waals surface area (Å²) in [4.78, 5) is 13.0. The van der Waals surface area contributed by atoms with E-state index in [1.165, 1.54) is 25.5 Å². The van der Waals surface area contributed by atoms with Crippen molar-refractivity contribution in [2.45, 2.75) is 18.4 Å². The van der Waals surface area contributed by atoms with Gasteiger partial charge in [-0.05, 0) is 89.1 Å². The number of carbonyl (C=O) groups excluding carboxylic acids is 1. The molecule has 4 aromatic rings. The van der Waals surface area contributed by atoms with Crippen LogP contribution in [0.25, 0.3) is 0 Å². The van der Waals surface area contributed by atoms with E-state index in [1.54, 1.807) is 72.8 Å². The number of halogens is 3. The number of methoxy groups -OCH3 is 1. The molecular weight excluding hydrogens is 693 g/mol. The molecule has 0 heterocycles. The number of hydrogen-bond donors (Lipinski definition) is 1. The molecule has 1 amide bonds. The molecule has 0 aliphatic carbocycles. The van der Waals surface area contributed by atoms with Crippen LogP contribution in [0.2, 0.25) is 10.0 Å². The summed E-state index contributed by atoms with van der Waals surface area (Å²) in [6, 6.07) is 22.9. The zero-order valence-corrected chi connectivity index (χ0v) is 27.6. The van der Waals surface area contributed by atoms with Crippen molar-refractivity contribution in [1.82, 2.24) is 5.43 Å². The highest BCUT2D eigenvalue weighted by Crippen LogP contribution is 2.37. The molecule has 0 spiro atoms. The second kappa shape index (κ2) is 15.3. The summed E-state index contributed by atoms with van der Waals surface area (Å²) in [5.74, 6) is 0.777. The fourth-order valence-electron chi connectivity index (χ4n) is 4.00. The minimum absolute atomic E-state index is 0.0442. The lowest BCUT2D eigenvalue weighted by atomic mass is 10.2. The molecule has 13 heteroatoms. The summed E-state index contributed by atoms with van der Waals surface area (Å²) in [5, 5.41) is 5.03. The SMILES string of the molecule is CCOc1ccc(N(CC(=O)N/N=C/c2cc(Br)c(OCc3ccc(Cl)cc3Cl)c(OC)c2)S(=O)(=O)c2ccccc2)cc1. The molecular formula is C31H28BrCl2N3O6S. The average Bonchev–Trinajstić information content (AvgIpc) is 3.01. The molecule has 0 atom stereocenters. The first-order valence-corrected chi connectivity index (χ1v) is 16.2. The number of rotatable bonds is 13. The van der Waals surface area contributed by atoms with E-state index in [-0.39, 0.29) is 11.5 Å². The van der Waals surface area contributed by atoms with Crippen LogP contribution in [-0.4, -0.2) is 40.8 Å². The fourth-order valence-corrected chi connectivity index (χ4v) is 6.48. The Labute approximate surface area is 274 Å². The van der Waals surface area contributed by atoms with Crippen LogP contribution in [0.5, 0.6) is 17.2 Å². The Morgan fingerprint density at radius 1 is 1.00 bits per heavy atom. The molecule has 0 aliphatic heterocycles. The molecule has 0 radical (unpaired) electrons. The summed E-state index contributed by atoms with van der Waals surface area (Å²) >= 11 is 15.7. The van der Waals surface area contributed by atoms with E-state index >= 15 is 0 Å². The number of ether oxygens (including phenoxy) is 3. The Bertz CT molecular complexity index is 1740. The van der Waals surface area contributed by atoms with Gasteiger partial charge >= 0.3 is 0 Å². The highest BCUT2D eigenvalue weighted by atomic mass is 79.9. The van der Waals surface area contributed by atoms with Crippen LogP contribution in [0.3, 0.4) is 0 Å². The molecule has 44 heavy (non-hydrogen) atoms. The number of sulfonamides is 1. The van der Waals surface area contributed by atoms with Crippen molar-refractivity contribution in [2.24, 2.45) is 5.10 Å². The van der Waals surface area contributed by atoms with Crippen molar-refractivity contribution in [3.8, 4) is 17.2 Å². The minimum Gasteiger partial charge on any atom is -0.494 e. The van der Waals surface area contributed by atoms with Gasteiger partial charge in [-0.3, -0.25) is 9.10 Å². The summed E-state index contributed by atoms with van der Waals surface area (Å²) in [5.41, 5.74) is 4.01. The van der Waals surface area contributed by atoms with Crippen LogP contribution >= 0.6 is 39.1 Å². The van der Waals surface area contributed by atoms with Crippen LogP contribution in [0.1, 0.15) is 18.1 Å². The van der Waals surface area contributed by atoms with Crippen molar-refractivity contribution in [3.63, 3.8) is 0 Å². The van der Waals surface area contributed by atoms with Gasteiger partial charge in [0.25, 0.3) is 15.9 Å². The number of amides is 1. The summed E-state index contributed by atoms with van der Waals surface area (Å²) < 4.78 is 45.6. The highest BCUT2D eigenvalue weighted by molar-refractivity contribution is 9.10. The molecule has 0 saturated carbocycles. The third-order valence-corrected chi connectivity index (χ3v) is 9.06. The maximum Gasteiger partial charge on any atom is 0.264 e. The molecule has 230 valence electrons. The number of hydrazone groups is 1. The summed E-state index contributed by atoms with van der Waals surface area (Å²) in [7, 11) is -2.58. The van der Waals surface area contributed by atoms with Gasteiger partial charge in [0.05, 0.1) is 35.0 Å². The van der Waals surface area contributed by atoms with Gasteiger partial charge in [-0.2, -0.15) is 5.10 Å². The van der Waals surface area contributed by atoms with Crippen LogP contribution in [-0.2, 0) is 21.4 Å². The smallest absolute Gasteiger partial charge is 0.264 e. The first-order valence-electron chi connectivity index (χ1n) is 13.2. The van der Waals surface area contributed by atoms with Gasteiger partial charge in [-0.25, -0.2) is 13.8 Å². The van der Waals surface area contributed by atoms with Crippen LogP contribution in [0, 0.1) is 0 Å². The number of hydrogen-bond acceptors (Lipinski definition) is 7. The third-order valence-electron chi connectivity index (χ3n) is 6.10. The van der Waals surface area contributed by atoms with E-state index in [9.17, 15) is 13.2 Å². The maximum absolute atomic E-state index is 13.5. The van der Waals surface area contributed by atoms with Crippen LogP contribution in [0.15, 0.2) is 99.4 Å². The topological polar surface area (TPSA) is 107 Å². The van der Waals surface area contributed by atoms with E-state index in [2.05, 4.69) is 26.5 Å². The number of carbonyl (C=O) groups is 1. The number of anilines is 1. The Balaban J connectivity index is 1.48. The lowest BCUT2D eigenvalue weighted by Gasteiger charge is -2.24. The maximum atomic E-state index is 13.5. The number of nitrogens with one attached hydrogen (secondary N) is 1. The van der Waals surface area contributed by atoms with E-state index in [4.69, 9.17) is 37.4 Å². The van der Waals surface area contributed by atoms with Crippen molar-refractivity contribution in [2.75, 3.05) is 24.6 Å². The normalized spacial score (nSPS) is 11.3. The molecule has 0 fully saturated rings. The molecule has 4 aromatic carbocycles. The van der Waals surface area contributed by atoms with Gasteiger partial charge in [0.1, 0.15) is 18.9 Å². The lowest BCUT2D eigenvalue weighted by molar-refractivity contribution is -0.119. The van der Waals surface area contributed by atoms with Crippen molar-refractivity contribution >= 4 is 67.0 Å². The van der Waals surface area contributed by atoms with Crippen molar-refractivity contribution in [3.05, 3.63) is 111 Å². The van der Waals surface area contributed by atoms with Gasteiger partial charge in [-0.15, -0.1) is 0 Å². The lowest BCUT2D eigenvalue weighted by Crippen LogP contribution is -2.39. The predicted molar refractivity (Wildman–Crippen MR) is 176 cm³/mol. The predicted octanol–water partition coefficient (Wildman–Crippen LogP) is 7.09. The van der Waals surface area contributed by atoms with Gasteiger partial charge in [0, 0.05) is 15.6 Å². The van der Waals surface area contributed by atoms with Crippen molar-refractivity contribution in [1.29, 1.82) is 0 Å². The first-order chi connectivity index (χ1) is 21.1. The molecule has 0 aliphatic rings. The van der Waals surface area contributed by atoms with Gasteiger partial charge in [0.15, 0.2) is 11.5 Å². The first kappa shape index (κ1) is 33.1. The zero-order valence-electron chi connectivity index (χ0n) is 23.7. The Morgan fingerprint density at radius 2 is 1.73 bits per heavy atom. The van der Waals surface area contributed by atoms with Gasteiger partial charge in [-0.1, -0.05) is 47.5 Å². The summed E-state index contributed by atoms with van der Waals surface area (Å²) in [6.07, 6.45) is 1.40. The molecule has 0 aromatic heterocycles. The van der Waals surface area contributed by atoms with Gasteiger partial charge < -0.3 is 14.2 Å². The monoisotopic (exact) mass is 719 g/mol. The standard InChI is InChI=1S/C31H28BrCl2N3O6S/c1-3-42-25-13-11-24(12-14-25)37(44(39,40)26-7-5-4-6-8-26)19-30(38)36-35-18-21-15-27(32)31(29(16-21)41-2)43-20-22-9-10-23(33)17-28(22)34/h4-18H,3,19-20H2,1-2H3,(H,36,38)/b35-18+. The molecule has 1 N–H and O–H groups in total. The third kappa shape index (κ3) is 8.44. The van der Waals surface area contributed by atoms with E-state index in [1.807, 2.05) is 6.92 Å². The van der Waals surface area contributed by atoms with Crippen molar-refractivity contribution < 1.29 is 27.4 Å². The zero-order chi connectivity index (χ0) is 31.7. The van der Waals surface area contributed by atoms with E-state index in [0.29, 0.717) is 49.6 Å². The number of nitrogens with zero attached hydrogens (tertiary/aromatic N) is 2. The van der Waals surface area contributed by atoms with Gasteiger partial charge in [0.2, 0.25) is 0 Å². The Hall–Kier alpha value is -3.77. The minimum atomic E-state index is -4.07. The van der Waals surface area contributed by atoms with E-state index in [0.717, 1.165) is 9.87 Å². The second-order valence-electron chi connectivity index (χ2n) is 9.10. The molecule has 0 saturated heterocycles.